The summed E-state index contributed by atoms with van der Waals surface area (Å²) >= 11 is 4.51. The number of carbonyl (C=O) groups is 1. The average Bonchev–Trinajstić information content (AvgIpc) is 3.08. The van der Waals surface area contributed by atoms with E-state index in [1.54, 1.807) is 17.6 Å². The van der Waals surface area contributed by atoms with Crippen LogP contribution in [0.25, 0.3) is 22.3 Å². The summed E-state index contributed by atoms with van der Waals surface area (Å²) in [5, 5.41) is 11.9. The van der Waals surface area contributed by atoms with Gasteiger partial charge in [-0.3, -0.25) is 4.79 Å². The van der Waals surface area contributed by atoms with Crippen molar-refractivity contribution >= 4 is 29.5 Å². The number of thiol groups is 1. The highest BCUT2D eigenvalue weighted by atomic mass is 32.1. The first-order valence-corrected chi connectivity index (χ1v) is 9.81. The van der Waals surface area contributed by atoms with Crippen LogP contribution in [0.5, 0.6) is 0 Å². The molecule has 4 heterocycles. The maximum absolute atomic E-state index is 13.2. The lowest BCUT2D eigenvalue weighted by atomic mass is 9.86. The van der Waals surface area contributed by atoms with Gasteiger partial charge in [-0.25, -0.2) is 9.78 Å². The quantitative estimate of drug-likeness (QED) is 0.403. The molecule has 2 aromatic heterocycles. The number of nitrogens with zero attached hydrogens (tertiary/aromatic N) is 2. The minimum Gasteiger partial charge on any atom is -0.458 e. The van der Waals surface area contributed by atoms with Crippen molar-refractivity contribution in [3.63, 3.8) is 0 Å². The number of cyclic esters (lactones) is 1. The smallest absolute Gasteiger partial charge is 0.343 e. The summed E-state index contributed by atoms with van der Waals surface area (Å²) in [5.41, 5.74) is 2.76. The fourth-order valence-electron chi connectivity index (χ4n) is 4.29. The van der Waals surface area contributed by atoms with Crippen LogP contribution in [0, 0.1) is 0 Å². The molecule has 0 unspecified atom stereocenters. The summed E-state index contributed by atoms with van der Waals surface area (Å²) < 4.78 is 6.76. The number of benzene rings is 1. The van der Waals surface area contributed by atoms with Gasteiger partial charge in [-0.1, -0.05) is 25.1 Å². The minimum atomic E-state index is -1.81. The third kappa shape index (κ3) is 2.11. The largest absolute Gasteiger partial charge is 0.458 e. The molecule has 0 saturated carbocycles. The minimum absolute atomic E-state index is 0.124. The molecule has 5 rings (SSSR count). The summed E-state index contributed by atoms with van der Waals surface area (Å²) in [6.45, 7) is 1.96. The molecular formula is C21H18N2O4S. The average molecular weight is 394 g/mol. The Bertz CT molecular complexity index is 1230. The zero-order chi connectivity index (χ0) is 19.6. The fourth-order valence-corrected chi connectivity index (χ4v) is 4.65. The Hall–Kier alpha value is -2.64. The van der Waals surface area contributed by atoms with Gasteiger partial charge in [0.05, 0.1) is 29.0 Å². The Morgan fingerprint density at radius 3 is 2.82 bits per heavy atom. The van der Waals surface area contributed by atoms with E-state index < -0.39 is 11.6 Å². The Balaban J connectivity index is 1.84. The molecule has 1 N–H and O–H groups in total. The molecule has 142 valence electrons. The highest BCUT2D eigenvalue weighted by Gasteiger charge is 2.45. The van der Waals surface area contributed by atoms with Gasteiger partial charge in [0.25, 0.3) is 5.56 Å². The van der Waals surface area contributed by atoms with Gasteiger partial charge in [-0.2, -0.15) is 12.6 Å². The third-order valence-corrected chi connectivity index (χ3v) is 6.19. The second-order valence-electron chi connectivity index (χ2n) is 7.20. The molecule has 0 radical (unpaired) electrons. The van der Waals surface area contributed by atoms with Crippen molar-refractivity contribution in [2.24, 2.45) is 0 Å². The number of fused-ring (bicyclic) bond motifs is 5. The van der Waals surface area contributed by atoms with E-state index in [-0.39, 0.29) is 18.6 Å². The molecule has 0 spiro atoms. The lowest BCUT2D eigenvalue weighted by Crippen LogP contribution is -2.44. The molecule has 0 amide bonds. The van der Waals surface area contributed by atoms with Crippen LogP contribution >= 0.6 is 12.6 Å². The molecule has 1 atom stereocenters. The van der Waals surface area contributed by atoms with E-state index >= 15 is 0 Å². The number of rotatable bonds is 2. The molecule has 6 nitrogen and oxygen atoms in total. The van der Waals surface area contributed by atoms with Gasteiger partial charge < -0.3 is 14.4 Å². The van der Waals surface area contributed by atoms with E-state index in [1.165, 1.54) is 0 Å². The van der Waals surface area contributed by atoms with E-state index in [1.807, 2.05) is 24.3 Å². The van der Waals surface area contributed by atoms with Crippen LogP contribution in [0.4, 0.5) is 0 Å². The first kappa shape index (κ1) is 17.5. The van der Waals surface area contributed by atoms with Gasteiger partial charge in [0.2, 0.25) is 0 Å². The van der Waals surface area contributed by atoms with Crippen LogP contribution in [0.1, 0.15) is 35.6 Å². The summed E-state index contributed by atoms with van der Waals surface area (Å²) in [6.07, 6.45) is 0.127. The van der Waals surface area contributed by atoms with E-state index in [0.717, 1.165) is 22.0 Å². The zero-order valence-electron chi connectivity index (χ0n) is 15.2. The van der Waals surface area contributed by atoms with Crippen molar-refractivity contribution in [1.82, 2.24) is 9.55 Å². The molecule has 28 heavy (non-hydrogen) atoms. The van der Waals surface area contributed by atoms with Crippen molar-refractivity contribution in [2.75, 3.05) is 0 Å². The number of pyridine rings is 2. The van der Waals surface area contributed by atoms with E-state index in [0.29, 0.717) is 34.8 Å². The second-order valence-corrected chi connectivity index (χ2v) is 7.51. The number of hydrogen-bond acceptors (Lipinski definition) is 6. The molecular weight excluding hydrogens is 376 g/mol. The van der Waals surface area contributed by atoms with E-state index in [4.69, 9.17) is 9.72 Å². The van der Waals surface area contributed by atoms with Crippen LogP contribution in [-0.4, -0.2) is 20.6 Å². The van der Waals surface area contributed by atoms with Gasteiger partial charge in [-0.15, -0.1) is 0 Å². The molecule has 0 fully saturated rings. The number of para-hydroxylation sites is 1. The number of carbonyl (C=O) groups excluding carboxylic acids is 1. The second kappa shape index (κ2) is 5.93. The third-order valence-electron chi connectivity index (χ3n) is 5.87. The van der Waals surface area contributed by atoms with Gasteiger partial charge in [0.15, 0.2) is 5.60 Å². The molecule has 0 aliphatic carbocycles. The summed E-state index contributed by atoms with van der Waals surface area (Å²) in [7, 11) is 0. The predicted octanol–water partition coefficient (Wildman–Crippen LogP) is 2.51. The van der Waals surface area contributed by atoms with Crippen LogP contribution in [0.2, 0.25) is 0 Å². The molecule has 2 aliphatic heterocycles. The first-order valence-electron chi connectivity index (χ1n) is 9.18. The number of hydrogen-bond donors (Lipinski definition) is 2. The SMILES string of the molecule is CC[C@@]1(O)C(=O)OCc2c1cc1n(c2=O)Cc2c-1nc1ccccc1c2CS. The number of aromatic nitrogens is 2. The monoisotopic (exact) mass is 394 g/mol. The maximum atomic E-state index is 13.2. The normalized spacial score (nSPS) is 19.9. The van der Waals surface area contributed by atoms with E-state index in [2.05, 4.69) is 12.6 Å². The van der Waals surface area contributed by atoms with Crippen molar-refractivity contribution in [2.45, 2.75) is 37.9 Å². The molecule has 0 bridgehead atoms. The van der Waals surface area contributed by atoms with Crippen LogP contribution in [0.3, 0.4) is 0 Å². The molecule has 0 saturated heterocycles. The van der Waals surface area contributed by atoms with Gasteiger partial charge in [-0.05, 0) is 24.1 Å². The topological polar surface area (TPSA) is 81.4 Å². The molecule has 1 aromatic carbocycles. The number of esters is 1. The zero-order valence-corrected chi connectivity index (χ0v) is 16.1. The number of aliphatic hydroxyl groups is 1. The lowest BCUT2D eigenvalue weighted by molar-refractivity contribution is -0.172. The Labute approximate surface area is 166 Å². The van der Waals surface area contributed by atoms with Crippen molar-refractivity contribution in [3.05, 3.63) is 62.9 Å². The predicted molar refractivity (Wildman–Crippen MR) is 107 cm³/mol. The summed E-state index contributed by atoms with van der Waals surface area (Å²) in [6, 6.07) is 9.55. The van der Waals surface area contributed by atoms with Crippen molar-refractivity contribution in [3.8, 4) is 11.4 Å². The van der Waals surface area contributed by atoms with Crippen molar-refractivity contribution < 1.29 is 14.6 Å². The van der Waals surface area contributed by atoms with Crippen LogP contribution in [0.15, 0.2) is 35.1 Å². The van der Waals surface area contributed by atoms with Crippen LogP contribution < -0.4 is 5.56 Å². The highest BCUT2D eigenvalue weighted by molar-refractivity contribution is 7.79. The first-order chi connectivity index (χ1) is 13.5. The van der Waals surface area contributed by atoms with E-state index in [9.17, 15) is 14.7 Å². The number of ether oxygens (including phenoxy) is 1. The molecule has 7 heteroatoms. The Kier molecular flexibility index (Phi) is 3.70. The lowest BCUT2D eigenvalue weighted by Gasteiger charge is -2.31. The van der Waals surface area contributed by atoms with Gasteiger partial charge in [0, 0.05) is 22.3 Å². The summed E-state index contributed by atoms with van der Waals surface area (Å²) in [5.74, 6) is -0.193. The Morgan fingerprint density at radius 1 is 1.29 bits per heavy atom. The molecule has 2 aliphatic rings. The standard InChI is InChI=1S/C21H18N2O4S/c1-2-21(26)15-7-17-18-12(8-23(17)19(24)13(15)9-27-20(21)25)14(10-28)11-5-3-4-6-16(11)22-18/h3-7,26,28H,2,8-10H2,1H3/t21-/m0/s1. The Morgan fingerprint density at radius 2 is 2.07 bits per heavy atom. The van der Waals surface area contributed by atoms with Gasteiger partial charge >= 0.3 is 5.97 Å². The maximum Gasteiger partial charge on any atom is 0.343 e. The summed E-state index contributed by atoms with van der Waals surface area (Å²) in [4.78, 5) is 30.2. The highest BCUT2D eigenvalue weighted by Crippen LogP contribution is 2.40. The van der Waals surface area contributed by atoms with Gasteiger partial charge in [0.1, 0.15) is 6.61 Å². The van der Waals surface area contributed by atoms with Crippen molar-refractivity contribution in [1.29, 1.82) is 0 Å². The fraction of sp³-hybridized carbons (Fsp3) is 0.286. The van der Waals surface area contributed by atoms with Crippen LogP contribution in [-0.2, 0) is 34.0 Å². The molecule has 3 aromatic rings.